The molecule has 3 N–H and O–H groups in total. The average Bonchev–Trinajstić information content (AvgIpc) is 2.91. The Labute approximate surface area is 129 Å². The van der Waals surface area contributed by atoms with Gasteiger partial charge in [-0.1, -0.05) is 0 Å². The highest BCUT2D eigenvalue weighted by Crippen LogP contribution is 2.31. The number of hydrogen-bond donors (Lipinski definition) is 2. The number of thiophene rings is 1. The Kier molecular flexibility index (Phi) is 4.99. The molecule has 5 nitrogen and oxygen atoms in total. The van der Waals surface area contributed by atoms with Gasteiger partial charge in [0.1, 0.15) is 11.1 Å². The lowest BCUT2D eigenvalue weighted by atomic mass is 10.1. The summed E-state index contributed by atoms with van der Waals surface area (Å²) in [7, 11) is 0. The second-order valence-corrected chi connectivity index (χ2v) is 6.99. The summed E-state index contributed by atoms with van der Waals surface area (Å²) in [4.78, 5) is 15.4. The van der Waals surface area contributed by atoms with Crippen molar-refractivity contribution in [3.8, 4) is 6.07 Å². The summed E-state index contributed by atoms with van der Waals surface area (Å²) in [5.41, 5.74) is 7.25. The number of nitrogens with two attached hydrogens (primary N) is 1. The Balaban J connectivity index is 2.00. The maximum atomic E-state index is 12.2. The van der Waals surface area contributed by atoms with Crippen LogP contribution in [0, 0.1) is 31.1 Å². The van der Waals surface area contributed by atoms with Crippen molar-refractivity contribution in [2.75, 3.05) is 25.0 Å². The average molecular weight is 306 g/mol. The predicted molar refractivity (Wildman–Crippen MR) is 85.3 cm³/mol. The summed E-state index contributed by atoms with van der Waals surface area (Å²) in [5, 5.41) is 12.8. The number of nitrogens with zero attached hydrogens (tertiary/aromatic N) is 2. The number of amides is 1. The van der Waals surface area contributed by atoms with E-state index in [9.17, 15) is 10.1 Å². The Bertz CT molecular complexity index is 575. The van der Waals surface area contributed by atoms with E-state index in [4.69, 9.17) is 5.73 Å². The minimum atomic E-state index is -0.0581. The van der Waals surface area contributed by atoms with Crippen molar-refractivity contribution in [3.05, 3.63) is 16.0 Å². The first-order chi connectivity index (χ1) is 9.96. The van der Waals surface area contributed by atoms with Crippen molar-refractivity contribution >= 4 is 22.2 Å². The number of nitriles is 1. The van der Waals surface area contributed by atoms with Gasteiger partial charge in [-0.05, 0) is 45.2 Å². The first kappa shape index (κ1) is 16.0. The molecule has 1 aromatic rings. The number of nitrogens with one attached hydrogen (secondary N) is 1. The van der Waals surface area contributed by atoms with Crippen molar-refractivity contribution in [2.24, 2.45) is 11.7 Å². The number of rotatable bonds is 4. The van der Waals surface area contributed by atoms with E-state index in [1.165, 1.54) is 11.3 Å². The van der Waals surface area contributed by atoms with Gasteiger partial charge in [-0.25, -0.2) is 0 Å². The molecule has 0 bridgehead atoms. The Morgan fingerprint density at radius 3 is 2.86 bits per heavy atom. The number of carbonyl (C=O) groups excluding carboxylic acids is 1. The van der Waals surface area contributed by atoms with E-state index < -0.39 is 0 Å². The monoisotopic (exact) mass is 306 g/mol. The van der Waals surface area contributed by atoms with Gasteiger partial charge >= 0.3 is 0 Å². The highest BCUT2D eigenvalue weighted by atomic mass is 32.1. The van der Waals surface area contributed by atoms with Crippen LogP contribution in [-0.2, 0) is 4.79 Å². The minimum absolute atomic E-state index is 0.0581. The van der Waals surface area contributed by atoms with Gasteiger partial charge in [-0.2, -0.15) is 5.26 Å². The Hall–Kier alpha value is -1.42. The fraction of sp³-hybridized carbons (Fsp3) is 0.600. The van der Waals surface area contributed by atoms with Crippen LogP contribution in [0.1, 0.15) is 29.3 Å². The van der Waals surface area contributed by atoms with Crippen molar-refractivity contribution in [1.82, 2.24) is 4.90 Å². The molecule has 0 spiro atoms. The maximum Gasteiger partial charge on any atom is 0.239 e. The summed E-state index contributed by atoms with van der Waals surface area (Å²) in [5.74, 6) is 0.422. The Morgan fingerprint density at radius 1 is 1.57 bits per heavy atom. The summed E-state index contributed by atoms with van der Waals surface area (Å²) in [6.45, 7) is 7.91. The highest BCUT2D eigenvalue weighted by Gasteiger charge is 2.29. The van der Waals surface area contributed by atoms with Crippen molar-refractivity contribution in [2.45, 2.75) is 33.2 Å². The zero-order valence-corrected chi connectivity index (χ0v) is 13.6. The molecule has 2 rings (SSSR count). The van der Waals surface area contributed by atoms with Gasteiger partial charge in [0.05, 0.1) is 12.1 Å². The molecule has 6 heteroatoms. The standard InChI is InChI=1S/C15H22N4OS/c1-9-4-12(5-16)7-19(9)8-14(20)18-15-13(6-17)10(2)11(3)21-15/h9,12H,4-5,7-8,16H2,1-3H3,(H,18,20). The SMILES string of the molecule is Cc1sc(NC(=O)CN2CC(CN)CC2C)c(C#N)c1C. The molecule has 1 amide bonds. The molecular formula is C15H22N4OS. The largest absolute Gasteiger partial charge is 0.330 e. The molecule has 1 fully saturated rings. The van der Waals surface area contributed by atoms with Gasteiger partial charge in [0, 0.05) is 17.5 Å². The number of carbonyl (C=O) groups is 1. The molecule has 114 valence electrons. The third-order valence-electron chi connectivity index (χ3n) is 4.22. The second kappa shape index (κ2) is 6.56. The molecular weight excluding hydrogens is 284 g/mol. The first-order valence-electron chi connectivity index (χ1n) is 7.20. The van der Waals surface area contributed by atoms with Crippen LogP contribution >= 0.6 is 11.3 Å². The molecule has 0 aliphatic carbocycles. The van der Waals surface area contributed by atoms with Crippen molar-refractivity contribution in [1.29, 1.82) is 5.26 Å². The van der Waals surface area contributed by atoms with E-state index in [2.05, 4.69) is 23.2 Å². The summed E-state index contributed by atoms with van der Waals surface area (Å²) >= 11 is 1.46. The third-order valence-corrected chi connectivity index (χ3v) is 5.34. The molecule has 1 saturated heterocycles. The number of anilines is 1. The van der Waals surface area contributed by atoms with Crippen LogP contribution < -0.4 is 11.1 Å². The van der Waals surface area contributed by atoms with Crippen LogP contribution in [0.5, 0.6) is 0 Å². The molecule has 21 heavy (non-hydrogen) atoms. The molecule has 0 saturated carbocycles. The van der Waals surface area contributed by atoms with E-state index in [-0.39, 0.29) is 5.91 Å². The summed E-state index contributed by atoms with van der Waals surface area (Å²) in [6, 6.07) is 2.56. The van der Waals surface area contributed by atoms with Crippen molar-refractivity contribution in [3.63, 3.8) is 0 Å². The molecule has 0 radical (unpaired) electrons. The molecule has 1 aliphatic rings. The smallest absolute Gasteiger partial charge is 0.239 e. The van der Waals surface area contributed by atoms with Crippen LogP contribution in [-0.4, -0.2) is 36.5 Å². The van der Waals surface area contributed by atoms with Crippen LogP contribution in [0.2, 0.25) is 0 Å². The molecule has 0 aromatic carbocycles. The number of aryl methyl sites for hydroxylation is 1. The molecule has 2 heterocycles. The highest BCUT2D eigenvalue weighted by molar-refractivity contribution is 7.16. The zero-order valence-electron chi connectivity index (χ0n) is 12.8. The van der Waals surface area contributed by atoms with Gasteiger partial charge in [-0.3, -0.25) is 9.69 Å². The molecule has 2 atom stereocenters. The van der Waals surface area contributed by atoms with Gasteiger partial charge in [-0.15, -0.1) is 11.3 Å². The quantitative estimate of drug-likeness (QED) is 0.889. The van der Waals surface area contributed by atoms with Gasteiger partial charge in [0.2, 0.25) is 5.91 Å². The maximum absolute atomic E-state index is 12.2. The van der Waals surface area contributed by atoms with Crippen LogP contribution in [0.25, 0.3) is 0 Å². The number of hydrogen-bond acceptors (Lipinski definition) is 5. The van der Waals surface area contributed by atoms with E-state index in [1.807, 2.05) is 13.8 Å². The van der Waals surface area contributed by atoms with Gasteiger partial charge in [0.25, 0.3) is 0 Å². The van der Waals surface area contributed by atoms with E-state index in [0.717, 1.165) is 23.4 Å². The zero-order chi connectivity index (χ0) is 15.6. The number of likely N-dealkylation sites (tertiary alicyclic amines) is 1. The van der Waals surface area contributed by atoms with Gasteiger partial charge < -0.3 is 11.1 Å². The van der Waals surface area contributed by atoms with Crippen LogP contribution in [0.15, 0.2) is 0 Å². The van der Waals surface area contributed by atoms with E-state index in [0.29, 0.717) is 35.6 Å². The second-order valence-electron chi connectivity index (χ2n) is 5.76. The molecule has 1 aromatic heterocycles. The lowest BCUT2D eigenvalue weighted by Gasteiger charge is -2.20. The topological polar surface area (TPSA) is 82.2 Å². The molecule has 2 unspecified atom stereocenters. The minimum Gasteiger partial charge on any atom is -0.330 e. The van der Waals surface area contributed by atoms with Gasteiger partial charge in [0.15, 0.2) is 0 Å². The summed E-state index contributed by atoms with van der Waals surface area (Å²) < 4.78 is 0. The van der Waals surface area contributed by atoms with E-state index in [1.54, 1.807) is 0 Å². The van der Waals surface area contributed by atoms with E-state index >= 15 is 0 Å². The lowest BCUT2D eigenvalue weighted by molar-refractivity contribution is -0.117. The van der Waals surface area contributed by atoms with Crippen LogP contribution in [0.4, 0.5) is 5.00 Å². The molecule has 1 aliphatic heterocycles. The van der Waals surface area contributed by atoms with Crippen LogP contribution in [0.3, 0.4) is 0 Å². The third kappa shape index (κ3) is 3.43. The van der Waals surface area contributed by atoms with Crippen molar-refractivity contribution < 1.29 is 4.79 Å². The first-order valence-corrected chi connectivity index (χ1v) is 8.02. The lowest BCUT2D eigenvalue weighted by Crippen LogP contribution is -2.35. The summed E-state index contributed by atoms with van der Waals surface area (Å²) in [6.07, 6.45) is 1.05. The fourth-order valence-electron chi connectivity index (χ4n) is 2.81. The fourth-order valence-corrected chi connectivity index (χ4v) is 3.84. The predicted octanol–water partition coefficient (Wildman–Crippen LogP) is 1.84. The Morgan fingerprint density at radius 2 is 2.29 bits per heavy atom. The normalized spacial score (nSPS) is 22.2.